The molecule has 5 rings (SSSR count). The number of hydrogen-bond donors (Lipinski definition) is 1. The van der Waals surface area contributed by atoms with Gasteiger partial charge in [-0.05, 0) is 76.5 Å². The second-order valence-corrected chi connectivity index (χ2v) is 14.1. The standard InChI is InChI=1S/C33H42N4O4S/c1-20-26(23-8-9-25-22(16-23)10-13-37(30(25)38)17-24-18-42-19-34-24)28(36-14-11-33(6,7)12-15-36)27(21(2)35-20)29(31(39)40)41-32(3,4)5/h8-9,16,18-19,29H,10-15,17H2,1-7H3,(H,39,40)/t29-/m0/s1. The van der Waals surface area contributed by atoms with Crippen LogP contribution >= 0.6 is 11.3 Å². The summed E-state index contributed by atoms with van der Waals surface area (Å²) >= 11 is 1.53. The number of benzene rings is 1. The Bertz CT molecular complexity index is 1480. The molecule has 1 fully saturated rings. The maximum absolute atomic E-state index is 13.4. The molecule has 1 saturated heterocycles. The van der Waals surface area contributed by atoms with Crippen LogP contribution in [0, 0.1) is 19.3 Å². The van der Waals surface area contributed by atoms with Crippen LogP contribution in [-0.4, -0.2) is 57.1 Å². The average molecular weight is 591 g/mol. The quantitative estimate of drug-likeness (QED) is 0.332. The highest BCUT2D eigenvalue weighted by atomic mass is 32.1. The Morgan fingerprint density at radius 1 is 1.14 bits per heavy atom. The van der Waals surface area contributed by atoms with Gasteiger partial charge < -0.3 is 19.6 Å². The van der Waals surface area contributed by atoms with Crippen molar-refractivity contribution in [1.82, 2.24) is 14.9 Å². The third-order valence-corrected chi connectivity index (χ3v) is 9.00. The summed E-state index contributed by atoms with van der Waals surface area (Å²) in [4.78, 5) is 39.6. The van der Waals surface area contributed by atoms with E-state index in [1.807, 2.05) is 57.0 Å². The molecular weight excluding hydrogens is 548 g/mol. The fourth-order valence-electron chi connectivity index (χ4n) is 6.11. The molecule has 0 radical (unpaired) electrons. The number of aromatic nitrogens is 2. The number of pyridine rings is 1. The second kappa shape index (κ2) is 11.4. The molecule has 0 aliphatic carbocycles. The Hall–Kier alpha value is -3.30. The number of aliphatic carboxylic acids is 1. The summed E-state index contributed by atoms with van der Waals surface area (Å²) < 4.78 is 6.21. The van der Waals surface area contributed by atoms with E-state index in [0.29, 0.717) is 29.9 Å². The third kappa shape index (κ3) is 6.22. The van der Waals surface area contributed by atoms with Gasteiger partial charge in [-0.3, -0.25) is 9.78 Å². The zero-order valence-corrected chi connectivity index (χ0v) is 26.6. The van der Waals surface area contributed by atoms with Crippen molar-refractivity contribution >= 4 is 28.9 Å². The van der Waals surface area contributed by atoms with Crippen molar-refractivity contribution in [2.45, 2.75) is 86.0 Å². The Morgan fingerprint density at radius 2 is 1.86 bits per heavy atom. The molecule has 1 aromatic carbocycles. The number of fused-ring (bicyclic) bond motifs is 1. The highest BCUT2D eigenvalue weighted by Crippen LogP contribution is 2.45. The normalized spacial score (nSPS) is 17.7. The van der Waals surface area contributed by atoms with Gasteiger partial charge in [0.15, 0.2) is 6.10 Å². The van der Waals surface area contributed by atoms with E-state index >= 15 is 0 Å². The lowest BCUT2D eigenvalue weighted by molar-refractivity contribution is -0.160. The summed E-state index contributed by atoms with van der Waals surface area (Å²) in [5.41, 5.74) is 8.82. The number of piperidine rings is 1. The molecule has 42 heavy (non-hydrogen) atoms. The van der Waals surface area contributed by atoms with Gasteiger partial charge in [-0.2, -0.15) is 0 Å². The van der Waals surface area contributed by atoms with Crippen molar-refractivity contribution in [3.8, 4) is 11.1 Å². The lowest BCUT2D eigenvalue weighted by Gasteiger charge is -2.41. The van der Waals surface area contributed by atoms with Gasteiger partial charge in [-0.1, -0.05) is 26.0 Å². The Kier molecular flexibility index (Phi) is 8.20. The average Bonchev–Trinajstić information content (AvgIpc) is 3.41. The first-order valence-electron chi connectivity index (χ1n) is 14.7. The highest BCUT2D eigenvalue weighted by Gasteiger charge is 2.37. The molecule has 9 heteroatoms. The van der Waals surface area contributed by atoms with Crippen LogP contribution < -0.4 is 4.90 Å². The number of thiazole rings is 1. The van der Waals surface area contributed by atoms with E-state index in [1.54, 1.807) is 5.51 Å². The zero-order valence-electron chi connectivity index (χ0n) is 25.8. The van der Waals surface area contributed by atoms with Crippen LogP contribution in [0.5, 0.6) is 0 Å². The molecule has 3 aromatic rings. The number of carboxylic acid groups (broad SMARTS) is 1. The molecule has 0 spiro atoms. The van der Waals surface area contributed by atoms with Crippen LogP contribution in [0.25, 0.3) is 11.1 Å². The van der Waals surface area contributed by atoms with Crippen LogP contribution in [-0.2, 0) is 22.5 Å². The number of anilines is 1. The first-order valence-corrected chi connectivity index (χ1v) is 15.6. The van der Waals surface area contributed by atoms with Gasteiger partial charge in [-0.25, -0.2) is 9.78 Å². The minimum atomic E-state index is -1.17. The molecule has 2 aliphatic heterocycles. The molecule has 1 N–H and O–H groups in total. The molecule has 0 saturated carbocycles. The van der Waals surface area contributed by atoms with Crippen molar-refractivity contribution in [2.75, 3.05) is 24.5 Å². The number of nitrogens with zero attached hydrogens (tertiary/aromatic N) is 4. The fraction of sp³-hybridized carbons (Fsp3) is 0.515. The van der Waals surface area contributed by atoms with Gasteiger partial charge in [0.1, 0.15) is 0 Å². The van der Waals surface area contributed by atoms with Gasteiger partial charge in [0.05, 0.1) is 29.0 Å². The van der Waals surface area contributed by atoms with Crippen LogP contribution in [0.1, 0.15) is 92.1 Å². The lowest BCUT2D eigenvalue weighted by Crippen LogP contribution is -2.39. The minimum absolute atomic E-state index is 0.0123. The van der Waals surface area contributed by atoms with Crippen molar-refractivity contribution in [3.05, 3.63) is 62.9 Å². The van der Waals surface area contributed by atoms with Gasteiger partial charge in [0, 0.05) is 53.1 Å². The smallest absolute Gasteiger partial charge is 0.337 e. The Balaban J connectivity index is 1.62. The lowest BCUT2D eigenvalue weighted by atomic mass is 9.81. The van der Waals surface area contributed by atoms with Gasteiger partial charge >= 0.3 is 5.97 Å². The third-order valence-electron chi connectivity index (χ3n) is 8.37. The monoisotopic (exact) mass is 590 g/mol. The van der Waals surface area contributed by atoms with E-state index in [2.05, 4.69) is 29.8 Å². The van der Waals surface area contributed by atoms with Crippen molar-refractivity contribution in [1.29, 1.82) is 0 Å². The molecule has 0 unspecified atom stereocenters. The second-order valence-electron chi connectivity index (χ2n) is 13.3. The molecular formula is C33H42N4O4S. The summed E-state index contributed by atoms with van der Waals surface area (Å²) in [6.45, 7) is 16.8. The summed E-state index contributed by atoms with van der Waals surface area (Å²) in [7, 11) is 0. The summed E-state index contributed by atoms with van der Waals surface area (Å²) in [5, 5.41) is 12.4. The number of aryl methyl sites for hydroxylation is 2. The Labute approximate surface area is 252 Å². The first-order chi connectivity index (χ1) is 19.7. The number of ether oxygens (including phenoxy) is 1. The number of carbonyl (C=O) groups excluding carboxylic acids is 1. The molecule has 1 atom stereocenters. The highest BCUT2D eigenvalue weighted by molar-refractivity contribution is 7.07. The maximum Gasteiger partial charge on any atom is 0.337 e. The number of amides is 1. The number of rotatable bonds is 7. The number of hydrogen-bond acceptors (Lipinski definition) is 7. The largest absolute Gasteiger partial charge is 0.479 e. The fourth-order valence-corrected chi connectivity index (χ4v) is 6.66. The molecule has 0 bridgehead atoms. The van der Waals surface area contributed by atoms with Crippen molar-refractivity contribution in [2.24, 2.45) is 5.41 Å². The predicted molar refractivity (Wildman–Crippen MR) is 166 cm³/mol. The summed E-state index contributed by atoms with van der Waals surface area (Å²) in [6, 6.07) is 6.01. The van der Waals surface area contributed by atoms with E-state index in [-0.39, 0.29) is 11.3 Å². The Morgan fingerprint density at radius 3 is 2.48 bits per heavy atom. The summed E-state index contributed by atoms with van der Waals surface area (Å²) in [5.74, 6) is -1.02. The van der Waals surface area contributed by atoms with E-state index in [0.717, 1.165) is 66.1 Å². The summed E-state index contributed by atoms with van der Waals surface area (Å²) in [6.07, 6.45) is 1.57. The van der Waals surface area contributed by atoms with E-state index in [9.17, 15) is 14.7 Å². The van der Waals surface area contributed by atoms with Crippen LogP contribution in [0.2, 0.25) is 0 Å². The van der Waals surface area contributed by atoms with Crippen LogP contribution in [0.3, 0.4) is 0 Å². The van der Waals surface area contributed by atoms with Crippen molar-refractivity contribution < 1.29 is 19.4 Å². The molecule has 1 amide bonds. The first kappa shape index (κ1) is 30.2. The van der Waals surface area contributed by atoms with Crippen LogP contribution in [0.4, 0.5) is 5.69 Å². The van der Waals surface area contributed by atoms with Crippen molar-refractivity contribution in [3.63, 3.8) is 0 Å². The minimum Gasteiger partial charge on any atom is -0.479 e. The number of carboxylic acids is 1. The van der Waals surface area contributed by atoms with Crippen LogP contribution in [0.15, 0.2) is 29.1 Å². The van der Waals surface area contributed by atoms with Gasteiger partial charge in [-0.15, -0.1) is 11.3 Å². The topological polar surface area (TPSA) is 95.9 Å². The SMILES string of the molecule is Cc1nc(C)c([C@H](OC(C)(C)C)C(=O)O)c(N2CCC(C)(C)CC2)c1-c1ccc2c(c1)CCN(Cc1cscn1)C2=O. The molecule has 2 aromatic heterocycles. The van der Waals surface area contributed by atoms with E-state index in [1.165, 1.54) is 11.3 Å². The molecule has 8 nitrogen and oxygen atoms in total. The van der Waals surface area contributed by atoms with E-state index < -0.39 is 17.7 Å². The molecule has 4 heterocycles. The zero-order chi connectivity index (χ0) is 30.4. The molecule has 2 aliphatic rings. The predicted octanol–water partition coefficient (Wildman–Crippen LogP) is 6.59. The molecule has 224 valence electrons. The number of carbonyl (C=O) groups is 2. The van der Waals surface area contributed by atoms with E-state index in [4.69, 9.17) is 9.72 Å². The van der Waals surface area contributed by atoms with Gasteiger partial charge in [0.25, 0.3) is 5.91 Å². The maximum atomic E-state index is 13.4. The van der Waals surface area contributed by atoms with Gasteiger partial charge in [0.2, 0.25) is 0 Å².